The number of hydrogen-bond donors (Lipinski definition) is 0. The second-order valence-electron chi connectivity index (χ2n) is 6.94. The van der Waals surface area contributed by atoms with Gasteiger partial charge in [0.25, 0.3) is 5.91 Å². The standard InChI is InChI=1S/C19H21FN2O2/c20-16-8-3-7-14-15(11-17(23)21-9-4-10-21)19(24)22(18(14)16)12-13-5-1-2-6-13/h3,7-8,11,13H,1-2,4-6,9-10,12H2/b15-11+. The number of fused-ring (bicyclic) bond motifs is 1. The van der Waals surface area contributed by atoms with Crippen LogP contribution in [0, 0.1) is 11.7 Å². The lowest BCUT2D eigenvalue weighted by molar-refractivity contribution is -0.129. The van der Waals surface area contributed by atoms with Gasteiger partial charge in [-0.25, -0.2) is 4.39 Å². The molecule has 0 spiro atoms. The molecule has 1 saturated heterocycles. The highest BCUT2D eigenvalue weighted by atomic mass is 19.1. The molecule has 0 N–H and O–H groups in total. The van der Waals surface area contributed by atoms with E-state index < -0.39 is 5.82 Å². The van der Waals surface area contributed by atoms with Crippen molar-refractivity contribution in [2.24, 2.45) is 5.92 Å². The van der Waals surface area contributed by atoms with Crippen LogP contribution in [0.15, 0.2) is 24.3 Å². The fourth-order valence-electron chi connectivity index (χ4n) is 3.89. The summed E-state index contributed by atoms with van der Waals surface area (Å²) >= 11 is 0. The van der Waals surface area contributed by atoms with Crippen molar-refractivity contribution < 1.29 is 14.0 Å². The van der Waals surface area contributed by atoms with Gasteiger partial charge in [0, 0.05) is 31.3 Å². The molecule has 5 heteroatoms. The van der Waals surface area contributed by atoms with Crippen LogP contribution in [0.5, 0.6) is 0 Å². The van der Waals surface area contributed by atoms with Crippen LogP contribution in [0.25, 0.3) is 5.57 Å². The summed E-state index contributed by atoms with van der Waals surface area (Å²) in [5.74, 6) is -0.358. The molecule has 2 heterocycles. The molecule has 1 aliphatic carbocycles. The summed E-state index contributed by atoms with van der Waals surface area (Å²) < 4.78 is 14.4. The monoisotopic (exact) mass is 328 g/mol. The van der Waals surface area contributed by atoms with Crippen LogP contribution in [0.1, 0.15) is 37.7 Å². The van der Waals surface area contributed by atoms with Gasteiger partial charge < -0.3 is 9.80 Å². The summed E-state index contributed by atoms with van der Waals surface area (Å²) in [4.78, 5) is 28.4. The van der Waals surface area contributed by atoms with Crippen LogP contribution in [-0.4, -0.2) is 36.3 Å². The Morgan fingerprint density at radius 3 is 2.62 bits per heavy atom. The first-order valence-electron chi connectivity index (χ1n) is 8.76. The van der Waals surface area contributed by atoms with Crippen molar-refractivity contribution in [3.63, 3.8) is 0 Å². The minimum absolute atomic E-state index is 0.150. The Balaban J connectivity index is 1.68. The lowest BCUT2D eigenvalue weighted by atomic mass is 10.1. The number of benzene rings is 1. The number of amides is 2. The van der Waals surface area contributed by atoms with Gasteiger partial charge in [-0.2, -0.15) is 0 Å². The van der Waals surface area contributed by atoms with Crippen molar-refractivity contribution in [1.82, 2.24) is 4.90 Å². The van der Waals surface area contributed by atoms with Gasteiger partial charge in [-0.3, -0.25) is 9.59 Å². The molecule has 0 atom stereocenters. The zero-order valence-electron chi connectivity index (χ0n) is 13.6. The predicted molar refractivity (Wildman–Crippen MR) is 89.9 cm³/mol. The summed E-state index contributed by atoms with van der Waals surface area (Å²) in [6, 6.07) is 4.72. The Morgan fingerprint density at radius 1 is 1.21 bits per heavy atom. The van der Waals surface area contributed by atoms with Gasteiger partial charge in [-0.05, 0) is 31.2 Å². The highest BCUT2D eigenvalue weighted by molar-refractivity contribution is 6.34. The fraction of sp³-hybridized carbons (Fsp3) is 0.474. The smallest absolute Gasteiger partial charge is 0.259 e. The summed E-state index contributed by atoms with van der Waals surface area (Å²) in [6.07, 6.45) is 6.91. The van der Waals surface area contributed by atoms with Crippen molar-refractivity contribution in [3.8, 4) is 0 Å². The molecule has 24 heavy (non-hydrogen) atoms. The Hall–Kier alpha value is -2.17. The highest BCUT2D eigenvalue weighted by Gasteiger charge is 2.37. The molecule has 4 nitrogen and oxygen atoms in total. The lowest BCUT2D eigenvalue weighted by Gasteiger charge is -2.29. The maximum atomic E-state index is 14.4. The molecule has 4 rings (SSSR count). The number of para-hydroxylation sites is 1. The zero-order chi connectivity index (χ0) is 16.7. The van der Waals surface area contributed by atoms with Gasteiger partial charge in [0.05, 0.1) is 11.3 Å². The van der Waals surface area contributed by atoms with E-state index in [-0.39, 0.29) is 11.8 Å². The number of likely N-dealkylation sites (tertiary alicyclic amines) is 1. The van der Waals surface area contributed by atoms with Crippen LogP contribution in [-0.2, 0) is 9.59 Å². The molecule has 0 unspecified atom stereocenters. The first kappa shape index (κ1) is 15.4. The van der Waals surface area contributed by atoms with Crippen LogP contribution >= 0.6 is 0 Å². The SMILES string of the molecule is O=C(/C=C1/C(=O)N(CC2CCCC2)c2c(F)cccc21)N1CCC1. The molecular formula is C19H21FN2O2. The molecule has 2 fully saturated rings. The van der Waals surface area contributed by atoms with Crippen molar-refractivity contribution >= 4 is 23.1 Å². The summed E-state index contributed by atoms with van der Waals surface area (Å²) in [5, 5.41) is 0. The molecule has 0 radical (unpaired) electrons. The van der Waals surface area contributed by atoms with E-state index in [9.17, 15) is 14.0 Å². The van der Waals surface area contributed by atoms with Gasteiger partial charge in [0.2, 0.25) is 5.91 Å². The van der Waals surface area contributed by atoms with Gasteiger partial charge in [-0.1, -0.05) is 25.0 Å². The Morgan fingerprint density at radius 2 is 1.96 bits per heavy atom. The lowest BCUT2D eigenvalue weighted by Crippen LogP contribution is -2.41. The summed E-state index contributed by atoms with van der Waals surface area (Å²) in [7, 11) is 0. The highest BCUT2D eigenvalue weighted by Crippen LogP contribution is 2.40. The van der Waals surface area contributed by atoms with Gasteiger partial charge >= 0.3 is 0 Å². The number of carbonyl (C=O) groups is 2. The van der Waals surface area contributed by atoms with E-state index in [1.54, 1.807) is 21.9 Å². The van der Waals surface area contributed by atoms with Crippen molar-refractivity contribution in [2.75, 3.05) is 24.5 Å². The van der Waals surface area contributed by atoms with E-state index in [0.29, 0.717) is 29.3 Å². The van der Waals surface area contributed by atoms with Crippen LogP contribution in [0.4, 0.5) is 10.1 Å². The van der Waals surface area contributed by atoms with Gasteiger partial charge in [0.15, 0.2) is 0 Å². The number of nitrogens with zero attached hydrogens (tertiary/aromatic N) is 2. The van der Waals surface area contributed by atoms with E-state index in [1.165, 1.54) is 25.0 Å². The van der Waals surface area contributed by atoms with E-state index >= 15 is 0 Å². The third-order valence-corrected chi connectivity index (χ3v) is 5.37. The number of halogens is 1. The normalized spacial score (nSPS) is 22.2. The predicted octanol–water partition coefficient (Wildman–Crippen LogP) is 2.98. The van der Waals surface area contributed by atoms with Crippen LogP contribution in [0.2, 0.25) is 0 Å². The van der Waals surface area contributed by atoms with Crippen LogP contribution in [0.3, 0.4) is 0 Å². The number of rotatable bonds is 3. The van der Waals surface area contributed by atoms with E-state index in [2.05, 4.69) is 0 Å². The average molecular weight is 328 g/mol. The molecule has 126 valence electrons. The number of hydrogen-bond acceptors (Lipinski definition) is 2. The molecule has 0 aromatic heterocycles. The molecule has 1 saturated carbocycles. The maximum absolute atomic E-state index is 14.4. The number of anilines is 1. The second-order valence-corrected chi connectivity index (χ2v) is 6.94. The second kappa shape index (κ2) is 6.04. The number of carbonyl (C=O) groups excluding carboxylic acids is 2. The van der Waals surface area contributed by atoms with Gasteiger partial charge in [0.1, 0.15) is 5.82 Å². The molecular weight excluding hydrogens is 307 g/mol. The Bertz CT molecular complexity index is 718. The minimum Gasteiger partial charge on any atom is -0.339 e. The topological polar surface area (TPSA) is 40.6 Å². The van der Waals surface area contributed by atoms with E-state index in [1.807, 2.05) is 0 Å². The zero-order valence-corrected chi connectivity index (χ0v) is 13.6. The van der Waals surface area contributed by atoms with Crippen molar-refractivity contribution in [3.05, 3.63) is 35.7 Å². The maximum Gasteiger partial charge on any atom is 0.259 e. The first-order valence-corrected chi connectivity index (χ1v) is 8.76. The molecule has 2 aliphatic heterocycles. The first-order chi connectivity index (χ1) is 11.6. The Labute approximate surface area is 140 Å². The van der Waals surface area contributed by atoms with Crippen LogP contribution < -0.4 is 4.90 Å². The quantitative estimate of drug-likeness (QED) is 0.801. The van der Waals surface area contributed by atoms with E-state index in [0.717, 1.165) is 32.4 Å². The van der Waals surface area contributed by atoms with E-state index in [4.69, 9.17) is 0 Å². The van der Waals surface area contributed by atoms with Crippen molar-refractivity contribution in [2.45, 2.75) is 32.1 Å². The molecule has 1 aromatic carbocycles. The molecule has 2 amide bonds. The summed E-state index contributed by atoms with van der Waals surface area (Å²) in [5.41, 5.74) is 1.23. The largest absolute Gasteiger partial charge is 0.339 e. The van der Waals surface area contributed by atoms with Gasteiger partial charge in [-0.15, -0.1) is 0 Å². The third-order valence-electron chi connectivity index (χ3n) is 5.37. The molecule has 1 aromatic rings. The minimum atomic E-state index is -0.390. The Kier molecular flexibility index (Phi) is 3.87. The van der Waals surface area contributed by atoms with Crippen molar-refractivity contribution in [1.29, 1.82) is 0 Å². The fourth-order valence-corrected chi connectivity index (χ4v) is 3.89. The third kappa shape index (κ3) is 2.52. The summed E-state index contributed by atoms with van der Waals surface area (Å²) in [6.45, 7) is 2.01. The molecule has 0 bridgehead atoms. The average Bonchev–Trinajstić information content (AvgIpc) is 3.09. The molecule has 3 aliphatic rings.